The van der Waals surface area contributed by atoms with E-state index < -0.39 is 12.1 Å². The van der Waals surface area contributed by atoms with Crippen molar-refractivity contribution < 1.29 is 24.5 Å². The van der Waals surface area contributed by atoms with Crippen molar-refractivity contribution >= 4 is 11.9 Å². The molecule has 0 unspecified atom stereocenters. The van der Waals surface area contributed by atoms with Crippen LogP contribution < -0.4 is 0 Å². The number of allylic oxidation sites excluding steroid dienone is 4. The molecule has 3 aliphatic rings. The van der Waals surface area contributed by atoms with Crippen molar-refractivity contribution in [3.8, 4) is 25.7 Å². The number of esters is 1. The molecule has 0 radical (unpaired) electrons. The zero-order valence-electron chi connectivity index (χ0n) is 22.2. The molecule has 5 heteroatoms. The lowest BCUT2D eigenvalue weighted by Crippen LogP contribution is -2.26. The molecule has 0 spiro atoms. The van der Waals surface area contributed by atoms with E-state index in [4.69, 9.17) is 10.2 Å². The van der Waals surface area contributed by atoms with Crippen LogP contribution in [-0.4, -0.2) is 34.9 Å². The fraction of sp³-hybridized carbons (Fsp3) is 0.655. The number of aliphatic hydroxyl groups excluding tert-OH is 1. The number of carbonyl (C=O) groups is 2. The zero-order chi connectivity index (χ0) is 27.1. The summed E-state index contributed by atoms with van der Waals surface area (Å²) in [6.07, 6.45) is 29.7. The first kappa shape index (κ1) is 36.1. The second-order valence-electron chi connectivity index (χ2n) is 8.05. The quantitative estimate of drug-likeness (QED) is 0.370. The predicted octanol–water partition coefficient (Wildman–Crippen LogP) is 6.27. The number of aliphatic carboxylic acids is 1. The Hall–Kier alpha value is -2.50. The highest BCUT2D eigenvalue weighted by atomic mass is 16.5. The summed E-state index contributed by atoms with van der Waals surface area (Å²) in [5.74, 6) is 1.42. The Labute approximate surface area is 209 Å². The van der Waals surface area contributed by atoms with Gasteiger partial charge in [0.25, 0.3) is 0 Å². The lowest BCUT2D eigenvalue weighted by atomic mass is 9.69. The number of carboxylic acid groups (broad SMARTS) is 1. The van der Waals surface area contributed by atoms with Gasteiger partial charge in [-0.25, -0.2) is 0 Å². The fourth-order valence-corrected chi connectivity index (χ4v) is 3.84. The van der Waals surface area contributed by atoms with Crippen LogP contribution in [0.5, 0.6) is 0 Å². The van der Waals surface area contributed by atoms with Crippen molar-refractivity contribution in [3.05, 3.63) is 23.8 Å². The summed E-state index contributed by atoms with van der Waals surface area (Å²) in [6, 6.07) is 0. The maximum Gasteiger partial charge on any atom is 0.308 e. The number of ether oxygens (including phenoxy) is 1. The molecule has 194 valence electrons. The molecule has 5 nitrogen and oxygen atoms in total. The Bertz CT molecular complexity index is 623. The van der Waals surface area contributed by atoms with Crippen LogP contribution in [0.3, 0.4) is 0 Å². The summed E-state index contributed by atoms with van der Waals surface area (Å²) < 4.78 is 4.55. The molecule has 1 aliphatic heterocycles. The van der Waals surface area contributed by atoms with Gasteiger partial charge < -0.3 is 14.9 Å². The summed E-state index contributed by atoms with van der Waals surface area (Å²) in [7, 11) is 0. The molecule has 0 aromatic carbocycles. The van der Waals surface area contributed by atoms with Gasteiger partial charge in [-0.15, -0.1) is 25.7 Å². The molecule has 1 heterocycles. The number of fused-ring (bicyclic) bond motifs is 1. The SMILES string of the molecule is C#C.C#C.CC.CC[C@H](C)C(=O)O.CC[C@H]1[C@@H](C)C=CC2=CCCC[C@@H]21.O=C1C[C@H](O)CCO1. The highest BCUT2D eigenvalue weighted by Crippen LogP contribution is 2.41. The second kappa shape index (κ2) is 23.7. The molecule has 0 amide bonds. The number of carbonyl (C=O) groups excluding carboxylic acids is 1. The number of rotatable bonds is 3. The van der Waals surface area contributed by atoms with E-state index in [1.807, 2.05) is 20.8 Å². The molecule has 0 bridgehead atoms. The summed E-state index contributed by atoms with van der Waals surface area (Å²) in [6.45, 7) is 12.6. The molecular formula is C29H48O5. The Balaban J connectivity index is -0.000000400. The first-order valence-corrected chi connectivity index (χ1v) is 12.4. The van der Waals surface area contributed by atoms with Crippen LogP contribution in [0.1, 0.15) is 86.5 Å². The highest BCUT2D eigenvalue weighted by molar-refractivity contribution is 5.70. The first-order valence-electron chi connectivity index (χ1n) is 12.4. The van der Waals surface area contributed by atoms with Crippen LogP contribution in [0.4, 0.5) is 0 Å². The van der Waals surface area contributed by atoms with Crippen LogP contribution in [0.15, 0.2) is 23.8 Å². The maximum atomic E-state index is 10.3. The van der Waals surface area contributed by atoms with Crippen molar-refractivity contribution in [2.75, 3.05) is 6.61 Å². The smallest absolute Gasteiger partial charge is 0.308 e. The average molecular weight is 477 g/mol. The fourth-order valence-electron chi connectivity index (χ4n) is 3.84. The average Bonchev–Trinajstić information content (AvgIpc) is 2.87. The topological polar surface area (TPSA) is 83.8 Å². The summed E-state index contributed by atoms with van der Waals surface area (Å²) >= 11 is 0. The van der Waals surface area contributed by atoms with Gasteiger partial charge in [0.2, 0.25) is 0 Å². The minimum Gasteiger partial charge on any atom is -0.481 e. The monoisotopic (exact) mass is 476 g/mol. The lowest BCUT2D eigenvalue weighted by Gasteiger charge is -2.36. The summed E-state index contributed by atoms with van der Waals surface area (Å²) in [4.78, 5) is 20.2. The molecule has 0 saturated carbocycles. The van der Waals surface area contributed by atoms with Gasteiger partial charge in [0.05, 0.1) is 25.0 Å². The number of cyclic esters (lactones) is 1. The molecular weight excluding hydrogens is 428 g/mol. The molecule has 0 aromatic heterocycles. The van der Waals surface area contributed by atoms with Gasteiger partial charge in [0.15, 0.2) is 0 Å². The van der Waals surface area contributed by atoms with E-state index in [0.29, 0.717) is 13.0 Å². The Kier molecular flexibility index (Phi) is 25.1. The predicted molar refractivity (Wildman–Crippen MR) is 142 cm³/mol. The Morgan fingerprint density at radius 2 is 1.76 bits per heavy atom. The molecule has 1 fully saturated rings. The van der Waals surface area contributed by atoms with Crippen LogP contribution in [0.2, 0.25) is 0 Å². The third-order valence-corrected chi connectivity index (χ3v) is 5.93. The van der Waals surface area contributed by atoms with E-state index in [9.17, 15) is 9.59 Å². The van der Waals surface area contributed by atoms with E-state index >= 15 is 0 Å². The molecule has 1 saturated heterocycles. The first-order chi connectivity index (χ1) is 16.3. The molecule has 2 aliphatic carbocycles. The molecule has 34 heavy (non-hydrogen) atoms. The van der Waals surface area contributed by atoms with Gasteiger partial charge in [-0.3, -0.25) is 9.59 Å². The van der Waals surface area contributed by atoms with Crippen LogP contribution in [-0.2, 0) is 14.3 Å². The van der Waals surface area contributed by atoms with Crippen molar-refractivity contribution in [2.24, 2.45) is 23.7 Å². The normalized spacial score (nSPS) is 24.7. The Morgan fingerprint density at radius 1 is 1.18 bits per heavy atom. The molecule has 0 aromatic rings. The van der Waals surface area contributed by atoms with Gasteiger partial charge >= 0.3 is 11.9 Å². The number of hydrogen-bond acceptors (Lipinski definition) is 4. The Morgan fingerprint density at radius 3 is 2.15 bits per heavy atom. The van der Waals surface area contributed by atoms with Crippen LogP contribution >= 0.6 is 0 Å². The van der Waals surface area contributed by atoms with E-state index in [0.717, 1.165) is 24.2 Å². The van der Waals surface area contributed by atoms with E-state index in [2.05, 4.69) is 62.5 Å². The third kappa shape index (κ3) is 15.4. The van der Waals surface area contributed by atoms with Crippen molar-refractivity contribution in [1.82, 2.24) is 0 Å². The van der Waals surface area contributed by atoms with Crippen molar-refractivity contribution in [3.63, 3.8) is 0 Å². The van der Waals surface area contributed by atoms with E-state index in [1.54, 1.807) is 12.5 Å². The summed E-state index contributed by atoms with van der Waals surface area (Å²) in [5.41, 5.74) is 1.64. The molecule has 2 N–H and O–H groups in total. The van der Waals surface area contributed by atoms with Crippen molar-refractivity contribution in [2.45, 2.75) is 92.6 Å². The van der Waals surface area contributed by atoms with Gasteiger partial charge in [-0.2, -0.15) is 0 Å². The van der Waals surface area contributed by atoms with Gasteiger partial charge in [0, 0.05) is 6.42 Å². The minimum absolute atomic E-state index is 0.167. The number of hydrogen-bond donors (Lipinski definition) is 2. The zero-order valence-corrected chi connectivity index (χ0v) is 22.2. The van der Waals surface area contributed by atoms with Gasteiger partial charge in [0.1, 0.15) is 0 Å². The summed E-state index contributed by atoms with van der Waals surface area (Å²) in [5, 5.41) is 17.0. The van der Waals surface area contributed by atoms with Crippen LogP contribution in [0.25, 0.3) is 0 Å². The van der Waals surface area contributed by atoms with E-state index in [-0.39, 0.29) is 18.3 Å². The van der Waals surface area contributed by atoms with Crippen LogP contribution in [0, 0.1) is 49.4 Å². The molecule has 5 atom stereocenters. The number of terminal acetylenes is 2. The minimum atomic E-state index is -0.706. The third-order valence-electron chi connectivity index (χ3n) is 5.93. The van der Waals surface area contributed by atoms with Crippen molar-refractivity contribution in [1.29, 1.82) is 0 Å². The maximum absolute atomic E-state index is 10.3. The number of aliphatic hydroxyl groups is 1. The largest absolute Gasteiger partial charge is 0.481 e. The second-order valence-corrected chi connectivity index (χ2v) is 8.05. The lowest BCUT2D eigenvalue weighted by molar-refractivity contribution is -0.151. The highest BCUT2D eigenvalue weighted by Gasteiger charge is 2.30. The molecule has 3 rings (SSSR count). The van der Waals surface area contributed by atoms with Gasteiger partial charge in [-0.05, 0) is 49.0 Å². The standard InChI is InChI=1S/C13H20.C5H8O3.C5H10O2.C2H6.2C2H2/c1-3-12-10(2)8-9-11-6-4-5-7-13(11)12;6-4-1-2-8-5(7)3-4;1-3-4(2)5(6)7;3*1-2/h6,8-10,12-13H,3-5,7H2,1-2H3;4,6H,1-3H2;4H,3H2,1-2H3,(H,6,7);1-2H3;2*1-2H/t10-,12-,13-;2*4-;;;/m010.../s1. The number of carboxylic acids is 1. The van der Waals surface area contributed by atoms with E-state index in [1.165, 1.54) is 25.7 Å². The van der Waals surface area contributed by atoms with Gasteiger partial charge in [-0.1, -0.05) is 66.2 Å².